The first kappa shape index (κ1) is 19.6. The van der Waals surface area contributed by atoms with Gasteiger partial charge in [-0.2, -0.15) is 0 Å². The summed E-state index contributed by atoms with van der Waals surface area (Å²) in [7, 11) is -4.58. The molecule has 0 radical (unpaired) electrons. The smallest absolute Gasteiger partial charge is 0.243 e. The van der Waals surface area contributed by atoms with Gasteiger partial charge in [-0.25, -0.2) is 22.3 Å². The Kier molecular flexibility index (Phi) is 5.17. The number of rotatable bonds is 4. The first-order chi connectivity index (χ1) is 12.6. The highest BCUT2D eigenvalue weighted by Crippen LogP contribution is 2.37. The van der Waals surface area contributed by atoms with E-state index in [1.165, 1.54) is 0 Å². The Morgan fingerprint density at radius 2 is 1.81 bits per heavy atom. The van der Waals surface area contributed by atoms with Gasteiger partial charge in [-0.1, -0.05) is 27.2 Å². The van der Waals surface area contributed by atoms with Crippen LogP contribution in [0.2, 0.25) is 0 Å². The molecule has 1 heterocycles. The van der Waals surface area contributed by atoms with Crippen molar-refractivity contribution in [3.8, 4) is 22.4 Å². The number of aromatic nitrogens is 1. The molecule has 0 spiro atoms. The molecule has 27 heavy (non-hydrogen) atoms. The van der Waals surface area contributed by atoms with Crippen molar-refractivity contribution in [3.05, 3.63) is 57.8 Å². The quantitative estimate of drug-likeness (QED) is 0.622. The van der Waals surface area contributed by atoms with Gasteiger partial charge in [0.1, 0.15) is 23.9 Å². The number of aliphatic hydroxyl groups is 1. The molecule has 3 rings (SSSR count). The highest BCUT2D eigenvalue weighted by Gasteiger charge is 2.25. The Hall–Kier alpha value is -2.14. The van der Waals surface area contributed by atoms with E-state index < -0.39 is 33.2 Å². The van der Waals surface area contributed by atoms with Gasteiger partial charge in [0, 0.05) is 10.0 Å². The molecule has 2 aromatic carbocycles. The molecule has 3 N–H and O–H groups in total. The van der Waals surface area contributed by atoms with Crippen molar-refractivity contribution < 1.29 is 26.8 Å². The van der Waals surface area contributed by atoms with E-state index in [-0.39, 0.29) is 22.6 Å². The molecule has 0 unspecified atom stereocenters. The van der Waals surface area contributed by atoms with Gasteiger partial charge in [0.05, 0.1) is 5.56 Å². The van der Waals surface area contributed by atoms with E-state index >= 15 is 0 Å². The number of benzene rings is 2. The van der Waals surface area contributed by atoms with Crippen LogP contribution < -0.4 is 5.14 Å². The number of hydrogen-bond acceptors (Lipinski definition) is 5. The summed E-state index contributed by atoms with van der Waals surface area (Å²) in [5, 5.41) is 18.3. The van der Waals surface area contributed by atoms with Gasteiger partial charge < -0.3 is 9.63 Å². The van der Waals surface area contributed by atoms with Gasteiger partial charge in [0.15, 0.2) is 10.7 Å². The van der Waals surface area contributed by atoms with Crippen molar-refractivity contribution in [2.45, 2.75) is 18.4 Å². The fourth-order valence-electron chi connectivity index (χ4n) is 2.69. The fraction of sp³-hybridized carbons (Fsp3) is 0.118. The number of sulfonamides is 1. The van der Waals surface area contributed by atoms with Crippen molar-refractivity contribution in [1.29, 1.82) is 0 Å². The number of hydrogen-bond donors (Lipinski definition) is 2. The average Bonchev–Trinajstić information content (AvgIpc) is 2.99. The summed E-state index contributed by atoms with van der Waals surface area (Å²) < 4.78 is 57.2. The second kappa shape index (κ2) is 7.12. The van der Waals surface area contributed by atoms with Crippen LogP contribution in [-0.2, 0) is 16.6 Å². The average molecular weight is 459 g/mol. The van der Waals surface area contributed by atoms with Gasteiger partial charge in [0.25, 0.3) is 0 Å². The highest BCUT2D eigenvalue weighted by molar-refractivity contribution is 9.10. The van der Waals surface area contributed by atoms with Crippen molar-refractivity contribution in [2.24, 2.45) is 5.14 Å². The number of aryl methyl sites for hydroxylation is 1. The van der Waals surface area contributed by atoms with Crippen molar-refractivity contribution in [3.63, 3.8) is 0 Å². The second-order valence-electron chi connectivity index (χ2n) is 5.77. The van der Waals surface area contributed by atoms with Crippen molar-refractivity contribution in [1.82, 2.24) is 5.16 Å². The molecule has 0 aliphatic heterocycles. The monoisotopic (exact) mass is 458 g/mol. The van der Waals surface area contributed by atoms with Gasteiger partial charge in [-0.15, -0.1) is 0 Å². The summed E-state index contributed by atoms with van der Waals surface area (Å²) in [5.74, 6) is -2.72. The molecule has 142 valence electrons. The van der Waals surface area contributed by atoms with Gasteiger partial charge >= 0.3 is 0 Å². The lowest BCUT2D eigenvalue weighted by Gasteiger charge is -2.09. The molecule has 0 amide bonds. The Balaban J connectivity index is 2.26. The summed E-state index contributed by atoms with van der Waals surface area (Å²) in [6, 6.07) is 6.88. The summed E-state index contributed by atoms with van der Waals surface area (Å²) in [4.78, 5) is -1.23. The number of halogens is 3. The Morgan fingerprint density at radius 3 is 2.33 bits per heavy atom. The fourth-order valence-corrected chi connectivity index (χ4v) is 3.60. The molecule has 0 atom stereocenters. The van der Waals surface area contributed by atoms with Gasteiger partial charge in [-0.3, -0.25) is 0 Å². The summed E-state index contributed by atoms with van der Waals surface area (Å²) in [6.07, 6.45) is 0. The van der Waals surface area contributed by atoms with Crippen LogP contribution in [0.3, 0.4) is 0 Å². The number of primary sulfonamides is 1. The Labute approximate surface area is 161 Å². The largest absolute Gasteiger partial charge is 0.388 e. The topological polar surface area (TPSA) is 106 Å². The maximum Gasteiger partial charge on any atom is 0.243 e. The maximum absolute atomic E-state index is 14.3. The van der Waals surface area contributed by atoms with Gasteiger partial charge in [0.2, 0.25) is 10.0 Å². The van der Waals surface area contributed by atoms with Crippen LogP contribution in [0.1, 0.15) is 11.3 Å². The third-order valence-corrected chi connectivity index (χ3v) is 5.76. The molecule has 3 aromatic rings. The molecule has 6 nitrogen and oxygen atoms in total. The lowest BCUT2D eigenvalue weighted by molar-refractivity contribution is 0.230. The summed E-state index contributed by atoms with van der Waals surface area (Å²) in [6.45, 7) is 1.28. The summed E-state index contributed by atoms with van der Waals surface area (Å²) >= 11 is 3.38. The standard InChI is InChI=1S/C17H13BrF2N2O4S/c1-8-4-9(2-3-11(8)18)16-15(14(7-23)26-22-16)10-5-12(19)17(13(20)6-10)27(21,24)25/h2-6,23H,7H2,1H3,(H2,21,24,25). The van der Waals surface area contributed by atoms with Crippen LogP contribution >= 0.6 is 15.9 Å². The van der Waals surface area contributed by atoms with Crippen molar-refractivity contribution in [2.75, 3.05) is 0 Å². The van der Waals surface area contributed by atoms with Crippen LogP contribution in [0.4, 0.5) is 8.78 Å². The maximum atomic E-state index is 14.3. The van der Waals surface area contributed by atoms with E-state index in [2.05, 4.69) is 21.1 Å². The minimum absolute atomic E-state index is 0.0206. The van der Waals surface area contributed by atoms with Crippen LogP contribution in [0.15, 0.2) is 44.2 Å². The van der Waals surface area contributed by atoms with E-state index in [0.29, 0.717) is 5.56 Å². The molecular weight excluding hydrogens is 446 g/mol. The van der Waals surface area contributed by atoms with Crippen LogP contribution in [0.5, 0.6) is 0 Å². The molecule has 0 fully saturated rings. The number of nitrogens with two attached hydrogens (primary N) is 1. The molecular formula is C17H13BrF2N2O4S. The number of nitrogens with zero attached hydrogens (tertiary/aromatic N) is 1. The third kappa shape index (κ3) is 3.65. The molecule has 0 saturated heterocycles. The normalized spacial score (nSPS) is 11.8. The van der Waals surface area contributed by atoms with Gasteiger partial charge in [-0.05, 0) is 42.3 Å². The van der Waals surface area contributed by atoms with E-state index in [0.717, 1.165) is 22.2 Å². The highest BCUT2D eigenvalue weighted by atomic mass is 79.9. The zero-order valence-corrected chi connectivity index (χ0v) is 16.2. The first-order valence-electron chi connectivity index (χ1n) is 7.51. The van der Waals surface area contributed by atoms with Crippen LogP contribution in [0, 0.1) is 18.6 Å². The third-order valence-electron chi connectivity index (χ3n) is 3.91. The minimum Gasteiger partial charge on any atom is -0.388 e. The van der Waals surface area contributed by atoms with Crippen LogP contribution in [0.25, 0.3) is 22.4 Å². The lowest BCUT2D eigenvalue weighted by Crippen LogP contribution is -2.16. The van der Waals surface area contributed by atoms with E-state index in [4.69, 9.17) is 9.66 Å². The number of aliphatic hydroxyl groups excluding tert-OH is 1. The SMILES string of the molecule is Cc1cc(-c2noc(CO)c2-c2cc(F)c(S(N)(=O)=O)c(F)c2)ccc1Br. The predicted octanol–water partition coefficient (Wildman–Crippen LogP) is 3.50. The molecule has 0 aliphatic carbocycles. The van der Waals surface area contributed by atoms with E-state index in [1.807, 2.05) is 6.92 Å². The zero-order chi connectivity index (χ0) is 19.9. The Bertz CT molecular complexity index is 1120. The second-order valence-corrected chi connectivity index (χ2v) is 8.12. The molecule has 0 saturated carbocycles. The Morgan fingerprint density at radius 1 is 1.19 bits per heavy atom. The molecule has 0 aliphatic rings. The van der Waals surface area contributed by atoms with Crippen LogP contribution in [-0.4, -0.2) is 18.7 Å². The zero-order valence-electron chi connectivity index (χ0n) is 13.8. The van der Waals surface area contributed by atoms with E-state index in [9.17, 15) is 22.3 Å². The molecule has 1 aromatic heterocycles. The van der Waals surface area contributed by atoms with Crippen molar-refractivity contribution >= 4 is 26.0 Å². The minimum atomic E-state index is -4.58. The summed E-state index contributed by atoms with van der Waals surface area (Å²) in [5.41, 5.74) is 1.83. The van der Waals surface area contributed by atoms with E-state index in [1.54, 1.807) is 18.2 Å². The predicted molar refractivity (Wildman–Crippen MR) is 97.0 cm³/mol. The molecule has 0 bridgehead atoms. The lowest BCUT2D eigenvalue weighted by atomic mass is 9.98. The first-order valence-corrected chi connectivity index (χ1v) is 9.85. The molecule has 10 heteroatoms.